The third kappa shape index (κ3) is 6.09. The quantitative estimate of drug-likeness (QED) is 0.343. The number of hydrogen-bond acceptors (Lipinski definition) is 1. The molecule has 0 bridgehead atoms. The molecule has 0 saturated carbocycles. The monoisotopic (exact) mass is 177 g/mol. The van der Waals surface area contributed by atoms with Crippen molar-refractivity contribution in [3.8, 4) is 0 Å². The lowest BCUT2D eigenvalue weighted by atomic mass is 10.1. The summed E-state index contributed by atoms with van der Waals surface area (Å²) in [5.74, 6) is 0. The minimum Gasteiger partial charge on any atom is -0.269 e. The van der Waals surface area contributed by atoms with Gasteiger partial charge in [0.25, 0.3) is 0 Å². The SMILES string of the molecule is C=CC/C(=C/C(C)=C/N=CC)CC. The van der Waals surface area contributed by atoms with Gasteiger partial charge in [0.05, 0.1) is 0 Å². The summed E-state index contributed by atoms with van der Waals surface area (Å²) in [6, 6.07) is 0. The van der Waals surface area contributed by atoms with Crippen LogP contribution in [0.5, 0.6) is 0 Å². The fourth-order valence-electron chi connectivity index (χ4n) is 1.04. The summed E-state index contributed by atoms with van der Waals surface area (Å²) in [5.41, 5.74) is 2.59. The lowest BCUT2D eigenvalue weighted by Gasteiger charge is -1.99. The molecule has 0 N–H and O–H groups in total. The molecule has 0 spiro atoms. The van der Waals surface area contributed by atoms with Crippen molar-refractivity contribution in [3.63, 3.8) is 0 Å². The molecule has 0 radical (unpaired) electrons. The highest BCUT2D eigenvalue weighted by molar-refractivity contribution is 5.54. The summed E-state index contributed by atoms with van der Waals surface area (Å²) in [6.45, 7) is 9.86. The van der Waals surface area contributed by atoms with Crippen LogP contribution in [0, 0.1) is 0 Å². The van der Waals surface area contributed by atoms with Gasteiger partial charge >= 0.3 is 0 Å². The Bertz CT molecular complexity index is 232. The van der Waals surface area contributed by atoms with E-state index in [4.69, 9.17) is 0 Å². The first-order valence-electron chi connectivity index (χ1n) is 4.69. The maximum Gasteiger partial charge on any atom is 0.0292 e. The highest BCUT2D eigenvalue weighted by atomic mass is 14.7. The van der Waals surface area contributed by atoms with Crippen molar-refractivity contribution >= 4 is 6.21 Å². The molecule has 0 aliphatic rings. The molecule has 0 amide bonds. The predicted molar refractivity (Wildman–Crippen MR) is 61.1 cm³/mol. The van der Waals surface area contributed by atoms with Crippen LogP contribution in [0.4, 0.5) is 0 Å². The van der Waals surface area contributed by atoms with Crippen LogP contribution >= 0.6 is 0 Å². The minimum absolute atomic E-state index is 0.970. The van der Waals surface area contributed by atoms with Crippen LogP contribution in [-0.2, 0) is 0 Å². The molecule has 0 saturated heterocycles. The highest BCUT2D eigenvalue weighted by Crippen LogP contribution is 2.10. The fourth-order valence-corrected chi connectivity index (χ4v) is 1.04. The lowest BCUT2D eigenvalue weighted by molar-refractivity contribution is 1.03. The second kappa shape index (κ2) is 7.53. The Morgan fingerprint density at radius 3 is 2.62 bits per heavy atom. The first-order chi connectivity index (χ1) is 6.24. The van der Waals surface area contributed by atoms with Crippen LogP contribution in [0.15, 0.2) is 41.1 Å². The van der Waals surface area contributed by atoms with E-state index in [0.717, 1.165) is 12.8 Å². The maximum absolute atomic E-state index is 4.06. The molecule has 1 heteroatoms. The zero-order chi connectivity index (χ0) is 10.1. The van der Waals surface area contributed by atoms with E-state index in [-0.39, 0.29) is 0 Å². The van der Waals surface area contributed by atoms with Gasteiger partial charge in [0, 0.05) is 12.4 Å². The third-order valence-corrected chi connectivity index (χ3v) is 1.72. The smallest absolute Gasteiger partial charge is 0.0292 e. The number of rotatable bonds is 5. The van der Waals surface area contributed by atoms with Crippen LogP contribution in [0.3, 0.4) is 0 Å². The second-order valence-corrected chi connectivity index (χ2v) is 2.93. The van der Waals surface area contributed by atoms with Gasteiger partial charge in [0.15, 0.2) is 0 Å². The van der Waals surface area contributed by atoms with Crippen LogP contribution in [0.1, 0.15) is 33.6 Å². The molecule has 0 aromatic heterocycles. The summed E-state index contributed by atoms with van der Waals surface area (Å²) in [5, 5.41) is 0. The molecular formula is C12H19N. The summed E-state index contributed by atoms with van der Waals surface area (Å²) in [4.78, 5) is 4.06. The molecule has 0 aromatic carbocycles. The van der Waals surface area contributed by atoms with E-state index in [2.05, 4.69) is 31.5 Å². The van der Waals surface area contributed by atoms with Crippen LogP contribution in [-0.4, -0.2) is 6.21 Å². The average Bonchev–Trinajstić information content (AvgIpc) is 2.14. The molecule has 0 unspecified atom stereocenters. The zero-order valence-electron chi connectivity index (χ0n) is 8.88. The van der Waals surface area contributed by atoms with Gasteiger partial charge in [-0.1, -0.05) is 24.6 Å². The molecular weight excluding hydrogens is 158 g/mol. The third-order valence-electron chi connectivity index (χ3n) is 1.72. The van der Waals surface area contributed by atoms with E-state index < -0.39 is 0 Å². The van der Waals surface area contributed by atoms with Crippen LogP contribution in [0.25, 0.3) is 0 Å². The van der Waals surface area contributed by atoms with Crippen molar-refractivity contribution in [2.45, 2.75) is 33.6 Å². The summed E-state index contributed by atoms with van der Waals surface area (Å²) in [7, 11) is 0. The van der Waals surface area contributed by atoms with E-state index in [0.29, 0.717) is 0 Å². The van der Waals surface area contributed by atoms with E-state index in [9.17, 15) is 0 Å². The molecule has 0 fully saturated rings. The Morgan fingerprint density at radius 2 is 2.15 bits per heavy atom. The van der Waals surface area contributed by atoms with Gasteiger partial charge in [-0.25, -0.2) is 0 Å². The molecule has 0 aliphatic heterocycles. The van der Waals surface area contributed by atoms with Gasteiger partial charge in [-0.2, -0.15) is 0 Å². The van der Waals surface area contributed by atoms with Crippen molar-refractivity contribution in [2.75, 3.05) is 0 Å². The molecule has 72 valence electrons. The predicted octanol–water partition coefficient (Wildman–Crippen LogP) is 3.89. The number of allylic oxidation sites excluding steroid dienone is 4. The van der Waals surface area contributed by atoms with Gasteiger partial charge in [0.2, 0.25) is 0 Å². The Balaban J connectivity index is 4.39. The minimum atomic E-state index is 0.970. The second-order valence-electron chi connectivity index (χ2n) is 2.93. The first-order valence-corrected chi connectivity index (χ1v) is 4.69. The summed E-state index contributed by atoms with van der Waals surface area (Å²) >= 11 is 0. The number of hydrogen-bond donors (Lipinski definition) is 0. The highest BCUT2D eigenvalue weighted by Gasteiger charge is 1.90. The van der Waals surface area contributed by atoms with E-state index in [1.807, 2.05) is 19.2 Å². The van der Waals surface area contributed by atoms with Gasteiger partial charge in [-0.15, -0.1) is 6.58 Å². The fraction of sp³-hybridized carbons (Fsp3) is 0.417. The molecule has 0 rings (SSSR count). The zero-order valence-corrected chi connectivity index (χ0v) is 8.88. The van der Waals surface area contributed by atoms with Gasteiger partial charge in [-0.3, -0.25) is 4.99 Å². The number of aliphatic imine (C=N–C) groups is 1. The Hall–Kier alpha value is -1.11. The molecule has 13 heavy (non-hydrogen) atoms. The van der Waals surface area contributed by atoms with E-state index >= 15 is 0 Å². The summed E-state index contributed by atoms with van der Waals surface area (Å²) in [6.07, 6.45) is 9.82. The Kier molecular flexibility index (Phi) is 6.89. The van der Waals surface area contributed by atoms with Gasteiger partial charge < -0.3 is 0 Å². The largest absolute Gasteiger partial charge is 0.269 e. The standard InChI is InChI=1S/C12H19N/c1-5-8-12(6-2)9-11(4)10-13-7-3/h5,7,9-10H,1,6,8H2,2-4H3/b11-10+,12-9+,13-7?. The topological polar surface area (TPSA) is 12.4 Å². The molecule has 0 aliphatic carbocycles. The Labute approximate surface area is 81.6 Å². The average molecular weight is 177 g/mol. The Morgan fingerprint density at radius 1 is 1.46 bits per heavy atom. The molecule has 0 heterocycles. The lowest BCUT2D eigenvalue weighted by Crippen LogP contribution is -1.79. The van der Waals surface area contributed by atoms with E-state index in [1.54, 1.807) is 6.21 Å². The summed E-state index contributed by atoms with van der Waals surface area (Å²) < 4.78 is 0. The van der Waals surface area contributed by atoms with Gasteiger partial charge in [0.1, 0.15) is 0 Å². The van der Waals surface area contributed by atoms with Crippen molar-refractivity contribution in [3.05, 3.63) is 36.1 Å². The molecule has 1 nitrogen and oxygen atoms in total. The normalized spacial score (nSPS) is 13.8. The molecule has 0 aromatic rings. The van der Waals surface area contributed by atoms with Crippen molar-refractivity contribution in [1.29, 1.82) is 0 Å². The number of nitrogens with zero attached hydrogens (tertiary/aromatic N) is 1. The van der Waals surface area contributed by atoms with Crippen LogP contribution < -0.4 is 0 Å². The van der Waals surface area contributed by atoms with E-state index in [1.165, 1.54) is 11.1 Å². The van der Waals surface area contributed by atoms with Crippen molar-refractivity contribution in [2.24, 2.45) is 4.99 Å². The first kappa shape index (κ1) is 11.9. The maximum atomic E-state index is 4.06. The van der Waals surface area contributed by atoms with Crippen molar-refractivity contribution in [1.82, 2.24) is 0 Å². The van der Waals surface area contributed by atoms with Gasteiger partial charge in [-0.05, 0) is 32.3 Å². The van der Waals surface area contributed by atoms with Crippen LogP contribution in [0.2, 0.25) is 0 Å². The van der Waals surface area contributed by atoms with Crippen molar-refractivity contribution < 1.29 is 0 Å². The molecule has 0 atom stereocenters.